The molecule has 0 aromatic carbocycles. The smallest absolute Gasteiger partial charge is 0.227 e. The summed E-state index contributed by atoms with van der Waals surface area (Å²) in [5.74, 6) is 0.562. The fraction of sp³-hybridized carbons (Fsp3) is 0.917. The molecule has 0 spiro atoms. The predicted octanol–water partition coefficient (Wildman–Crippen LogP) is 1.63. The number of piperidine rings is 1. The van der Waals surface area contributed by atoms with E-state index in [9.17, 15) is 4.79 Å². The first kappa shape index (κ1) is 12.5. The van der Waals surface area contributed by atoms with Crippen molar-refractivity contribution in [2.75, 3.05) is 19.6 Å². The summed E-state index contributed by atoms with van der Waals surface area (Å²) < 4.78 is 0. The van der Waals surface area contributed by atoms with Gasteiger partial charge in [-0.05, 0) is 39.7 Å². The average molecular weight is 212 g/mol. The maximum absolute atomic E-state index is 12.2. The standard InChI is InChI=1S/C12H24N2O/c1-4-10(3)14(5-2)12(15)11-7-6-8-13-9-11/h10-11,13H,4-9H2,1-3H3/t10?,11-/m1/s1. The van der Waals surface area contributed by atoms with Crippen molar-refractivity contribution in [1.82, 2.24) is 10.2 Å². The fourth-order valence-corrected chi connectivity index (χ4v) is 2.20. The van der Waals surface area contributed by atoms with Gasteiger partial charge in [0.1, 0.15) is 0 Å². The van der Waals surface area contributed by atoms with Crippen molar-refractivity contribution in [1.29, 1.82) is 0 Å². The van der Waals surface area contributed by atoms with Crippen molar-refractivity contribution in [2.24, 2.45) is 5.92 Å². The number of nitrogens with one attached hydrogen (secondary N) is 1. The van der Waals surface area contributed by atoms with Gasteiger partial charge in [-0.25, -0.2) is 0 Å². The van der Waals surface area contributed by atoms with Gasteiger partial charge in [0.05, 0.1) is 5.92 Å². The van der Waals surface area contributed by atoms with Crippen LogP contribution in [-0.4, -0.2) is 36.5 Å². The molecule has 3 heteroatoms. The number of carbonyl (C=O) groups excluding carboxylic acids is 1. The Kier molecular flexibility index (Phi) is 5.09. The molecular formula is C12H24N2O. The molecule has 88 valence electrons. The van der Waals surface area contributed by atoms with Gasteiger partial charge in [-0.2, -0.15) is 0 Å². The van der Waals surface area contributed by atoms with Crippen molar-refractivity contribution in [3.63, 3.8) is 0 Å². The van der Waals surface area contributed by atoms with Crippen LogP contribution in [0.3, 0.4) is 0 Å². The van der Waals surface area contributed by atoms with Crippen molar-refractivity contribution in [3.05, 3.63) is 0 Å². The molecule has 0 aromatic heterocycles. The Morgan fingerprint density at radius 3 is 2.73 bits per heavy atom. The minimum Gasteiger partial charge on any atom is -0.340 e. The van der Waals surface area contributed by atoms with Crippen LogP contribution >= 0.6 is 0 Å². The normalized spacial score (nSPS) is 23.5. The molecule has 1 fully saturated rings. The lowest BCUT2D eigenvalue weighted by atomic mass is 9.97. The Morgan fingerprint density at radius 1 is 1.53 bits per heavy atom. The molecule has 0 aromatic rings. The zero-order valence-corrected chi connectivity index (χ0v) is 10.3. The first-order chi connectivity index (χ1) is 7.20. The lowest BCUT2D eigenvalue weighted by Crippen LogP contribution is -2.46. The first-order valence-electron chi connectivity index (χ1n) is 6.21. The number of carbonyl (C=O) groups is 1. The van der Waals surface area contributed by atoms with Gasteiger partial charge in [0.2, 0.25) is 5.91 Å². The third-order valence-corrected chi connectivity index (χ3v) is 3.39. The van der Waals surface area contributed by atoms with E-state index in [0.717, 1.165) is 38.9 Å². The number of nitrogens with zero attached hydrogens (tertiary/aromatic N) is 1. The lowest BCUT2D eigenvalue weighted by Gasteiger charge is -2.32. The lowest BCUT2D eigenvalue weighted by molar-refractivity contribution is -0.138. The first-order valence-corrected chi connectivity index (χ1v) is 6.21. The fourth-order valence-electron chi connectivity index (χ4n) is 2.20. The molecule has 0 aliphatic carbocycles. The summed E-state index contributed by atoms with van der Waals surface area (Å²) >= 11 is 0. The Bertz CT molecular complexity index is 200. The summed E-state index contributed by atoms with van der Waals surface area (Å²) in [6.07, 6.45) is 3.23. The predicted molar refractivity (Wildman–Crippen MR) is 62.7 cm³/mol. The van der Waals surface area contributed by atoms with Crippen LogP contribution in [0.4, 0.5) is 0 Å². The topological polar surface area (TPSA) is 32.3 Å². The highest BCUT2D eigenvalue weighted by molar-refractivity contribution is 5.79. The molecule has 1 rings (SSSR count). The SMILES string of the molecule is CCC(C)N(CC)C(=O)[C@@H]1CCCNC1. The molecule has 2 atom stereocenters. The van der Waals surface area contributed by atoms with E-state index in [1.165, 1.54) is 0 Å². The van der Waals surface area contributed by atoms with Gasteiger partial charge in [0.25, 0.3) is 0 Å². The van der Waals surface area contributed by atoms with E-state index in [4.69, 9.17) is 0 Å². The van der Waals surface area contributed by atoms with Crippen molar-refractivity contribution in [3.8, 4) is 0 Å². The van der Waals surface area contributed by atoms with Crippen LogP contribution in [0.25, 0.3) is 0 Å². The van der Waals surface area contributed by atoms with E-state index in [0.29, 0.717) is 11.9 Å². The molecule has 1 aliphatic heterocycles. The van der Waals surface area contributed by atoms with Crippen LogP contribution in [0.15, 0.2) is 0 Å². The van der Waals surface area contributed by atoms with Gasteiger partial charge in [-0.3, -0.25) is 4.79 Å². The van der Waals surface area contributed by atoms with Gasteiger partial charge in [-0.1, -0.05) is 6.92 Å². The third kappa shape index (κ3) is 3.20. The minimum absolute atomic E-state index is 0.215. The largest absolute Gasteiger partial charge is 0.340 e. The molecule has 1 heterocycles. The quantitative estimate of drug-likeness (QED) is 0.768. The summed E-state index contributed by atoms with van der Waals surface area (Å²) in [5, 5.41) is 3.30. The van der Waals surface area contributed by atoms with Gasteiger partial charge in [0, 0.05) is 19.1 Å². The molecule has 1 amide bonds. The minimum atomic E-state index is 0.215. The summed E-state index contributed by atoms with van der Waals surface area (Å²) in [5.41, 5.74) is 0. The van der Waals surface area contributed by atoms with Crippen LogP contribution in [0.5, 0.6) is 0 Å². The summed E-state index contributed by atoms with van der Waals surface area (Å²) in [7, 11) is 0. The van der Waals surface area contributed by atoms with Crippen LogP contribution in [0, 0.1) is 5.92 Å². The van der Waals surface area contributed by atoms with E-state index in [2.05, 4.69) is 26.1 Å². The molecule has 1 N–H and O–H groups in total. The number of rotatable bonds is 4. The van der Waals surface area contributed by atoms with Gasteiger partial charge >= 0.3 is 0 Å². The molecule has 1 unspecified atom stereocenters. The van der Waals surface area contributed by atoms with Crippen molar-refractivity contribution < 1.29 is 4.79 Å². The zero-order chi connectivity index (χ0) is 11.3. The van der Waals surface area contributed by atoms with Gasteiger partial charge in [-0.15, -0.1) is 0 Å². The molecule has 0 bridgehead atoms. The molecule has 15 heavy (non-hydrogen) atoms. The molecule has 0 saturated carbocycles. The number of amides is 1. The Hall–Kier alpha value is -0.570. The summed E-state index contributed by atoms with van der Waals surface area (Å²) in [6.45, 7) is 9.12. The third-order valence-electron chi connectivity index (χ3n) is 3.39. The Morgan fingerprint density at radius 2 is 2.27 bits per heavy atom. The monoisotopic (exact) mass is 212 g/mol. The number of hydrogen-bond donors (Lipinski definition) is 1. The molecule has 3 nitrogen and oxygen atoms in total. The van der Waals surface area contributed by atoms with E-state index < -0.39 is 0 Å². The second-order valence-corrected chi connectivity index (χ2v) is 4.42. The van der Waals surface area contributed by atoms with Crippen LogP contribution in [-0.2, 0) is 4.79 Å². The number of hydrogen-bond acceptors (Lipinski definition) is 2. The van der Waals surface area contributed by atoms with Gasteiger partial charge in [0.15, 0.2) is 0 Å². The maximum atomic E-state index is 12.2. The second-order valence-electron chi connectivity index (χ2n) is 4.42. The van der Waals surface area contributed by atoms with Crippen molar-refractivity contribution in [2.45, 2.75) is 46.1 Å². The molecule has 0 radical (unpaired) electrons. The Labute approximate surface area is 93.2 Å². The average Bonchev–Trinajstić information content (AvgIpc) is 2.30. The van der Waals surface area contributed by atoms with Crippen molar-refractivity contribution >= 4 is 5.91 Å². The Balaban J connectivity index is 2.54. The summed E-state index contributed by atoms with van der Waals surface area (Å²) in [6, 6.07) is 0.379. The molecular weight excluding hydrogens is 188 g/mol. The van der Waals surface area contributed by atoms with Gasteiger partial charge < -0.3 is 10.2 Å². The molecule has 1 aliphatic rings. The van der Waals surface area contributed by atoms with E-state index in [1.807, 2.05) is 4.90 Å². The maximum Gasteiger partial charge on any atom is 0.227 e. The van der Waals surface area contributed by atoms with Crippen LogP contribution in [0.1, 0.15) is 40.0 Å². The van der Waals surface area contributed by atoms with Crippen LogP contribution in [0.2, 0.25) is 0 Å². The second kappa shape index (κ2) is 6.11. The van der Waals surface area contributed by atoms with E-state index in [1.54, 1.807) is 0 Å². The highest BCUT2D eigenvalue weighted by Crippen LogP contribution is 2.16. The van der Waals surface area contributed by atoms with Crippen LogP contribution < -0.4 is 5.32 Å². The highest BCUT2D eigenvalue weighted by Gasteiger charge is 2.26. The molecule has 1 saturated heterocycles. The summed E-state index contributed by atoms with van der Waals surface area (Å²) in [4.78, 5) is 14.2. The zero-order valence-electron chi connectivity index (χ0n) is 10.3. The van der Waals surface area contributed by atoms with E-state index >= 15 is 0 Å². The highest BCUT2D eigenvalue weighted by atomic mass is 16.2. The van der Waals surface area contributed by atoms with E-state index in [-0.39, 0.29) is 5.92 Å².